The molecule has 180 valence electrons. The molecule has 0 aliphatic carbocycles. The van der Waals surface area contributed by atoms with Crippen LogP contribution >= 0.6 is 11.8 Å². The van der Waals surface area contributed by atoms with Gasteiger partial charge in [-0.05, 0) is 55.7 Å². The Labute approximate surface area is 208 Å². The Kier molecular flexibility index (Phi) is 6.85. The van der Waals surface area contributed by atoms with Crippen LogP contribution < -0.4 is 19.7 Å². The number of amides is 2. The maximum absolute atomic E-state index is 13.4. The SMILES string of the molecule is Cc1ccc(N2C(=O)/C(=C/c3ccc4c(c3)OCO4)N=C2SCC(=O)N[C@](C)(C#N)C(C)C)cc1. The zero-order valence-electron chi connectivity index (χ0n) is 20.0. The van der Waals surface area contributed by atoms with Crippen molar-refractivity contribution in [3.05, 3.63) is 59.3 Å². The van der Waals surface area contributed by atoms with E-state index in [9.17, 15) is 14.9 Å². The molecule has 2 aliphatic heterocycles. The first-order valence-corrected chi connectivity index (χ1v) is 12.1. The van der Waals surface area contributed by atoms with Crippen molar-refractivity contribution in [1.29, 1.82) is 5.26 Å². The van der Waals surface area contributed by atoms with Crippen LogP contribution in [-0.2, 0) is 9.59 Å². The highest BCUT2D eigenvalue weighted by Gasteiger charge is 2.34. The number of amidine groups is 1. The smallest absolute Gasteiger partial charge is 0.283 e. The lowest BCUT2D eigenvalue weighted by atomic mass is 9.90. The van der Waals surface area contributed by atoms with Crippen molar-refractivity contribution in [3.63, 3.8) is 0 Å². The minimum absolute atomic E-state index is 0.00969. The zero-order chi connectivity index (χ0) is 25.2. The fourth-order valence-electron chi connectivity index (χ4n) is 3.43. The second-order valence-corrected chi connectivity index (χ2v) is 9.76. The molecular formula is C26H26N4O4S. The normalized spacial score (nSPS) is 17.4. The fourth-order valence-corrected chi connectivity index (χ4v) is 4.25. The van der Waals surface area contributed by atoms with Crippen LogP contribution in [0.15, 0.2) is 53.2 Å². The second-order valence-electron chi connectivity index (χ2n) is 8.82. The number of rotatable bonds is 6. The summed E-state index contributed by atoms with van der Waals surface area (Å²) in [6.45, 7) is 7.58. The largest absolute Gasteiger partial charge is 0.454 e. The molecule has 2 heterocycles. The Morgan fingerprint density at radius 2 is 1.97 bits per heavy atom. The van der Waals surface area contributed by atoms with Gasteiger partial charge in [0, 0.05) is 0 Å². The molecule has 0 fully saturated rings. The van der Waals surface area contributed by atoms with Crippen molar-refractivity contribution >= 4 is 40.5 Å². The highest BCUT2D eigenvalue weighted by molar-refractivity contribution is 8.14. The highest BCUT2D eigenvalue weighted by Crippen LogP contribution is 2.34. The molecule has 0 spiro atoms. The Bertz CT molecular complexity index is 1260. The number of nitriles is 1. The number of nitrogens with zero attached hydrogens (tertiary/aromatic N) is 3. The summed E-state index contributed by atoms with van der Waals surface area (Å²) in [4.78, 5) is 32.1. The molecule has 0 unspecified atom stereocenters. The van der Waals surface area contributed by atoms with Crippen molar-refractivity contribution in [1.82, 2.24) is 5.32 Å². The van der Waals surface area contributed by atoms with E-state index in [0.29, 0.717) is 22.4 Å². The van der Waals surface area contributed by atoms with E-state index in [1.165, 1.54) is 4.90 Å². The van der Waals surface area contributed by atoms with Gasteiger partial charge in [-0.3, -0.25) is 14.5 Å². The lowest BCUT2D eigenvalue weighted by Gasteiger charge is -2.27. The lowest BCUT2D eigenvalue weighted by molar-refractivity contribution is -0.120. The van der Waals surface area contributed by atoms with Crippen molar-refractivity contribution in [3.8, 4) is 17.6 Å². The Hall–Kier alpha value is -3.77. The molecular weight excluding hydrogens is 464 g/mol. The van der Waals surface area contributed by atoms with Crippen LogP contribution in [0.1, 0.15) is 31.9 Å². The number of benzene rings is 2. The average molecular weight is 491 g/mol. The number of hydrogen-bond donors (Lipinski definition) is 1. The summed E-state index contributed by atoms with van der Waals surface area (Å²) in [5.41, 5.74) is 1.73. The van der Waals surface area contributed by atoms with E-state index in [4.69, 9.17) is 9.47 Å². The molecule has 1 atom stereocenters. The third-order valence-corrected chi connectivity index (χ3v) is 6.88. The molecule has 2 aromatic rings. The maximum atomic E-state index is 13.4. The van der Waals surface area contributed by atoms with Gasteiger partial charge in [-0.15, -0.1) is 0 Å². The Morgan fingerprint density at radius 3 is 2.66 bits per heavy atom. The van der Waals surface area contributed by atoms with Crippen molar-refractivity contribution in [2.45, 2.75) is 33.2 Å². The molecule has 0 aromatic heterocycles. The number of anilines is 1. The minimum atomic E-state index is -0.980. The summed E-state index contributed by atoms with van der Waals surface area (Å²) >= 11 is 1.15. The van der Waals surface area contributed by atoms with Crippen LogP contribution in [0, 0.1) is 24.2 Å². The quantitative estimate of drug-likeness (QED) is 0.607. The lowest BCUT2D eigenvalue weighted by Crippen LogP contribution is -2.49. The molecule has 1 N–H and O–H groups in total. The first-order chi connectivity index (χ1) is 16.7. The predicted octanol–water partition coefficient (Wildman–Crippen LogP) is 4.26. The van der Waals surface area contributed by atoms with Gasteiger partial charge < -0.3 is 14.8 Å². The fraction of sp³-hybridized carbons (Fsp3) is 0.308. The molecule has 2 aromatic carbocycles. The third kappa shape index (κ3) is 5.17. The number of thioether (sulfide) groups is 1. The van der Waals surface area contributed by atoms with Crippen LogP contribution in [0.2, 0.25) is 0 Å². The number of ether oxygens (including phenoxy) is 2. The third-order valence-electron chi connectivity index (χ3n) is 5.94. The first kappa shape index (κ1) is 24.4. The van der Waals surface area contributed by atoms with E-state index in [-0.39, 0.29) is 36.0 Å². The molecule has 35 heavy (non-hydrogen) atoms. The van der Waals surface area contributed by atoms with Gasteiger partial charge in [-0.25, -0.2) is 4.99 Å². The Balaban J connectivity index is 1.59. The summed E-state index contributed by atoms with van der Waals surface area (Å²) in [5, 5.41) is 12.7. The summed E-state index contributed by atoms with van der Waals surface area (Å²) < 4.78 is 10.8. The molecule has 0 saturated heterocycles. The summed E-state index contributed by atoms with van der Waals surface area (Å²) in [6, 6.07) is 15.1. The van der Waals surface area contributed by atoms with Gasteiger partial charge in [0.05, 0.1) is 17.5 Å². The van der Waals surface area contributed by atoms with Gasteiger partial charge >= 0.3 is 0 Å². The number of hydrogen-bond acceptors (Lipinski definition) is 7. The van der Waals surface area contributed by atoms with E-state index < -0.39 is 5.54 Å². The standard InChI is InChI=1S/C26H26N4O4S/c1-16(2)26(4,14-27)29-23(31)13-35-25-28-20(11-18-7-10-21-22(12-18)34-15-33-21)24(32)30(25)19-8-5-17(3)6-9-19/h5-12,16H,13,15H2,1-4H3,(H,29,31)/b20-11-/t26-/m1/s1. The summed E-state index contributed by atoms with van der Waals surface area (Å²) in [6.07, 6.45) is 1.69. The molecule has 9 heteroatoms. The molecule has 0 bridgehead atoms. The number of aliphatic imine (C=N–C) groups is 1. The summed E-state index contributed by atoms with van der Waals surface area (Å²) in [7, 11) is 0. The van der Waals surface area contributed by atoms with Gasteiger partial charge in [0.15, 0.2) is 16.7 Å². The number of fused-ring (bicyclic) bond motifs is 1. The highest BCUT2D eigenvalue weighted by atomic mass is 32.2. The maximum Gasteiger partial charge on any atom is 0.283 e. The van der Waals surface area contributed by atoms with Gasteiger partial charge in [0.1, 0.15) is 11.2 Å². The second kappa shape index (κ2) is 9.84. The predicted molar refractivity (Wildman–Crippen MR) is 136 cm³/mol. The zero-order valence-corrected chi connectivity index (χ0v) is 20.8. The first-order valence-electron chi connectivity index (χ1n) is 11.2. The number of nitrogens with one attached hydrogen (secondary N) is 1. The molecule has 0 saturated carbocycles. The monoisotopic (exact) mass is 490 g/mol. The minimum Gasteiger partial charge on any atom is -0.454 e. The Morgan fingerprint density at radius 1 is 1.26 bits per heavy atom. The molecule has 2 aliphatic rings. The average Bonchev–Trinajstić information content (AvgIpc) is 3.42. The molecule has 8 nitrogen and oxygen atoms in total. The summed E-state index contributed by atoms with van der Waals surface area (Å²) in [5.74, 6) is 0.616. The van der Waals surface area contributed by atoms with E-state index in [2.05, 4.69) is 16.4 Å². The molecule has 4 rings (SSSR count). The van der Waals surface area contributed by atoms with Gasteiger partial charge in [-0.1, -0.05) is 49.4 Å². The molecule has 0 radical (unpaired) electrons. The van der Waals surface area contributed by atoms with E-state index in [1.54, 1.807) is 25.1 Å². The van der Waals surface area contributed by atoms with Gasteiger partial charge in [0.25, 0.3) is 5.91 Å². The van der Waals surface area contributed by atoms with Crippen LogP contribution in [0.25, 0.3) is 6.08 Å². The van der Waals surface area contributed by atoms with Crippen LogP contribution in [0.5, 0.6) is 11.5 Å². The molecule has 2 amide bonds. The van der Waals surface area contributed by atoms with Gasteiger partial charge in [-0.2, -0.15) is 5.26 Å². The van der Waals surface area contributed by atoms with Crippen molar-refractivity contribution < 1.29 is 19.1 Å². The number of carbonyl (C=O) groups excluding carboxylic acids is 2. The van der Waals surface area contributed by atoms with E-state index in [0.717, 1.165) is 22.9 Å². The van der Waals surface area contributed by atoms with Crippen LogP contribution in [0.4, 0.5) is 5.69 Å². The van der Waals surface area contributed by atoms with Gasteiger partial charge in [0.2, 0.25) is 12.7 Å². The van der Waals surface area contributed by atoms with Crippen LogP contribution in [-0.4, -0.2) is 35.1 Å². The topological polar surface area (TPSA) is 104 Å². The van der Waals surface area contributed by atoms with E-state index in [1.807, 2.05) is 51.1 Å². The van der Waals surface area contributed by atoms with Crippen LogP contribution in [0.3, 0.4) is 0 Å². The van der Waals surface area contributed by atoms with E-state index >= 15 is 0 Å². The van der Waals surface area contributed by atoms with Crippen molar-refractivity contribution in [2.24, 2.45) is 10.9 Å². The number of aryl methyl sites for hydroxylation is 1. The van der Waals surface area contributed by atoms with Crippen molar-refractivity contribution in [2.75, 3.05) is 17.4 Å². The number of carbonyl (C=O) groups is 2.